The molecule has 0 aliphatic rings. The van der Waals surface area contributed by atoms with E-state index in [0.717, 1.165) is 0 Å². The van der Waals surface area contributed by atoms with Gasteiger partial charge in [-0.05, 0) is 13.3 Å². The van der Waals surface area contributed by atoms with Crippen LogP contribution in [-0.2, 0) is 14.4 Å². The minimum atomic E-state index is -0.523. The van der Waals surface area contributed by atoms with Gasteiger partial charge in [0.25, 0.3) is 0 Å². The van der Waals surface area contributed by atoms with Gasteiger partial charge in [0.05, 0.1) is 6.04 Å². The monoisotopic (exact) mass is 213 g/mol. The minimum Gasteiger partial charge on any atom is -0.347 e. The van der Waals surface area contributed by atoms with Crippen molar-refractivity contribution in [1.29, 1.82) is 0 Å². The van der Waals surface area contributed by atoms with Crippen molar-refractivity contribution in [3.05, 3.63) is 0 Å². The maximum absolute atomic E-state index is 11.3. The molecule has 1 atom stereocenters. The number of rotatable bonds is 6. The van der Waals surface area contributed by atoms with Gasteiger partial charge in [0.1, 0.15) is 5.78 Å². The van der Waals surface area contributed by atoms with Crippen LogP contribution in [-0.4, -0.2) is 23.5 Å². The van der Waals surface area contributed by atoms with Crippen molar-refractivity contribution < 1.29 is 14.4 Å². The van der Waals surface area contributed by atoms with Crippen molar-refractivity contribution in [2.24, 2.45) is 5.92 Å². The summed E-state index contributed by atoms with van der Waals surface area (Å²) in [6, 6.07) is -0.523. The van der Waals surface area contributed by atoms with E-state index in [1.54, 1.807) is 0 Å². The molecule has 0 aliphatic heterocycles. The summed E-state index contributed by atoms with van der Waals surface area (Å²) >= 11 is 0. The first-order valence-corrected chi connectivity index (χ1v) is 5.14. The van der Waals surface area contributed by atoms with Gasteiger partial charge in [0.15, 0.2) is 5.78 Å². The maximum atomic E-state index is 11.3. The van der Waals surface area contributed by atoms with Crippen LogP contribution < -0.4 is 5.32 Å². The van der Waals surface area contributed by atoms with Crippen molar-refractivity contribution in [2.45, 2.75) is 46.6 Å². The second-order valence-electron chi connectivity index (χ2n) is 4.02. The Morgan fingerprint density at radius 2 is 1.67 bits per heavy atom. The molecule has 0 fully saturated rings. The fraction of sp³-hybridized carbons (Fsp3) is 0.727. The highest BCUT2D eigenvalue weighted by molar-refractivity contribution is 5.87. The SMILES string of the molecule is CC(=O)N[C@@H](CCC(=O)C(C)C)C(C)=O. The Balaban J connectivity index is 4.13. The molecule has 4 heteroatoms. The van der Waals surface area contributed by atoms with Crippen LogP contribution in [0.25, 0.3) is 0 Å². The van der Waals surface area contributed by atoms with E-state index in [4.69, 9.17) is 0 Å². The fourth-order valence-corrected chi connectivity index (χ4v) is 1.20. The summed E-state index contributed by atoms with van der Waals surface area (Å²) < 4.78 is 0. The lowest BCUT2D eigenvalue weighted by molar-refractivity contribution is -0.127. The summed E-state index contributed by atoms with van der Waals surface area (Å²) in [5.41, 5.74) is 0. The minimum absolute atomic E-state index is 0.0186. The van der Waals surface area contributed by atoms with Crippen LogP contribution >= 0.6 is 0 Å². The van der Waals surface area contributed by atoms with Crippen molar-refractivity contribution in [1.82, 2.24) is 5.32 Å². The van der Waals surface area contributed by atoms with Crippen LogP contribution in [0.5, 0.6) is 0 Å². The van der Waals surface area contributed by atoms with Crippen molar-refractivity contribution in [3.63, 3.8) is 0 Å². The van der Waals surface area contributed by atoms with Gasteiger partial charge in [-0.1, -0.05) is 13.8 Å². The van der Waals surface area contributed by atoms with Gasteiger partial charge in [0.2, 0.25) is 5.91 Å². The molecule has 0 aliphatic carbocycles. The lowest BCUT2D eigenvalue weighted by Gasteiger charge is -2.14. The molecule has 0 bridgehead atoms. The van der Waals surface area contributed by atoms with E-state index in [2.05, 4.69) is 5.32 Å². The van der Waals surface area contributed by atoms with E-state index >= 15 is 0 Å². The summed E-state index contributed by atoms with van der Waals surface area (Å²) in [4.78, 5) is 33.3. The van der Waals surface area contributed by atoms with Gasteiger partial charge in [-0.15, -0.1) is 0 Å². The normalized spacial score (nSPS) is 12.3. The number of carbonyl (C=O) groups excluding carboxylic acids is 3. The number of carbonyl (C=O) groups is 3. The highest BCUT2D eigenvalue weighted by atomic mass is 16.2. The third kappa shape index (κ3) is 5.99. The molecule has 4 nitrogen and oxygen atoms in total. The molecule has 15 heavy (non-hydrogen) atoms. The second-order valence-corrected chi connectivity index (χ2v) is 4.02. The molecule has 0 aromatic heterocycles. The van der Waals surface area contributed by atoms with Crippen LogP contribution in [0, 0.1) is 5.92 Å². The molecule has 86 valence electrons. The Kier molecular flexibility index (Phi) is 5.82. The summed E-state index contributed by atoms with van der Waals surface area (Å²) in [6.45, 7) is 6.42. The molecule has 1 amide bonds. The van der Waals surface area contributed by atoms with E-state index in [0.29, 0.717) is 12.8 Å². The molecule has 0 rings (SSSR count). The van der Waals surface area contributed by atoms with Gasteiger partial charge >= 0.3 is 0 Å². The van der Waals surface area contributed by atoms with Gasteiger partial charge in [-0.2, -0.15) is 0 Å². The van der Waals surface area contributed by atoms with E-state index in [-0.39, 0.29) is 23.4 Å². The van der Waals surface area contributed by atoms with Crippen LogP contribution in [0.2, 0.25) is 0 Å². The Morgan fingerprint density at radius 1 is 1.13 bits per heavy atom. The maximum Gasteiger partial charge on any atom is 0.217 e. The summed E-state index contributed by atoms with van der Waals surface area (Å²) in [7, 11) is 0. The highest BCUT2D eigenvalue weighted by Gasteiger charge is 2.17. The van der Waals surface area contributed by atoms with Crippen LogP contribution in [0.3, 0.4) is 0 Å². The molecular weight excluding hydrogens is 194 g/mol. The number of amides is 1. The van der Waals surface area contributed by atoms with E-state index in [1.165, 1.54) is 13.8 Å². The molecule has 0 radical (unpaired) electrons. The standard InChI is InChI=1S/C11H19NO3/c1-7(2)11(15)6-5-10(8(3)13)12-9(4)14/h7,10H,5-6H2,1-4H3,(H,12,14)/t10-/m0/s1. The van der Waals surface area contributed by atoms with Gasteiger partial charge in [-0.3, -0.25) is 14.4 Å². The largest absolute Gasteiger partial charge is 0.347 e. The lowest BCUT2D eigenvalue weighted by Crippen LogP contribution is -2.38. The molecule has 1 N–H and O–H groups in total. The smallest absolute Gasteiger partial charge is 0.217 e. The molecule has 0 heterocycles. The van der Waals surface area contributed by atoms with Crippen molar-refractivity contribution in [3.8, 4) is 0 Å². The summed E-state index contributed by atoms with van der Waals surface area (Å²) in [6.07, 6.45) is 0.730. The number of hydrogen-bond donors (Lipinski definition) is 1. The first-order valence-electron chi connectivity index (χ1n) is 5.14. The van der Waals surface area contributed by atoms with E-state index in [9.17, 15) is 14.4 Å². The zero-order valence-electron chi connectivity index (χ0n) is 9.79. The third-order valence-electron chi connectivity index (χ3n) is 2.19. The second kappa shape index (κ2) is 6.32. The quantitative estimate of drug-likeness (QED) is 0.718. The molecule has 0 aromatic carbocycles. The number of nitrogens with one attached hydrogen (secondary N) is 1. The van der Waals surface area contributed by atoms with E-state index < -0.39 is 6.04 Å². The van der Waals surface area contributed by atoms with Crippen LogP contribution in [0.4, 0.5) is 0 Å². The average Bonchev–Trinajstić information content (AvgIpc) is 2.10. The molecule has 0 aromatic rings. The van der Waals surface area contributed by atoms with Gasteiger partial charge < -0.3 is 5.32 Å². The summed E-state index contributed by atoms with van der Waals surface area (Å²) in [5, 5.41) is 2.53. The Labute approximate surface area is 90.4 Å². The fourth-order valence-electron chi connectivity index (χ4n) is 1.20. The van der Waals surface area contributed by atoms with Crippen molar-refractivity contribution in [2.75, 3.05) is 0 Å². The first-order chi connectivity index (χ1) is 6.84. The Bertz CT molecular complexity index is 259. The first kappa shape index (κ1) is 13.8. The lowest BCUT2D eigenvalue weighted by atomic mass is 10.00. The predicted octanol–water partition coefficient (Wildman–Crippen LogP) is 1.09. The zero-order chi connectivity index (χ0) is 12.0. The third-order valence-corrected chi connectivity index (χ3v) is 2.19. The number of ketones is 2. The predicted molar refractivity (Wildman–Crippen MR) is 57.4 cm³/mol. The van der Waals surface area contributed by atoms with Crippen molar-refractivity contribution >= 4 is 17.5 Å². The molecule has 0 unspecified atom stereocenters. The molecule has 0 saturated carbocycles. The van der Waals surface area contributed by atoms with Gasteiger partial charge in [-0.25, -0.2) is 0 Å². The number of hydrogen-bond acceptors (Lipinski definition) is 3. The van der Waals surface area contributed by atoms with E-state index in [1.807, 2.05) is 13.8 Å². The molecule has 0 saturated heterocycles. The van der Waals surface area contributed by atoms with Crippen LogP contribution in [0.1, 0.15) is 40.5 Å². The number of Topliss-reactive ketones (excluding diaryl/α,β-unsaturated/α-hetero) is 2. The topological polar surface area (TPSA) is 63.2 Å². The zero-order valence-corrected chi connectivity index (χ0v) is 9.79. The van der Waals surface area contributed by atoms with Gasteiger partial charge in [0, 0.05) is 19.3 Å². The Morgan fingerprint density at radius 3 is 2.00 bits per heavy atom. The molecular formula is C11H19NO3. The highest BCUT2D eigenvalue weighted by Crippen LogP contribution is 2.05. The van der Waals surface area contributed by atoms with Crippen LogP contribution in [0.15, 0.2) is 0 Å². The average molecular weight is 213 g/mol. The summed E-state index contributed by atoms with van der Waals surface area (Å²) in [5.74, 6) is -0.254. The molecule has 0 spiro atoms. The Hall–Kier alpha value is -1.19.